The van der Waals surface area contributed by atoms with Gasteiger partial charge in [-0.25, -0.2) is 0 Å². The molecule has 2 aromatic rings. The molecular formula is C18H23NOS. The van der Waals surface area contributed by atoms with Gasteiger partial charge in [0.25, 0.3) is 0 Å². The zero-order chi connectivity index (χ0) is 14.9. The van der Waals surface area contributed by atoms with Crippen molar-refractivity contribution >= 4 is 11.8 Å². The van der Waals surface area contributed by atoms with Crippen LogP contribution in [0.5, 0.6) is 5.75 Å². The monoisotopic (exact) mass is 301 g/mol. The van der Waals surface area contributed by atoms with E-state index in [9.17, 15) is 0 Å². The van der Waals surface area contributed by atoms with Gasteiger partial charge < -0.3 is 10.5 Å². The van der Waals surface area contributed by atoms with Gasteiger partial charge in [0.2, 0.25) is 0 Å². The maximum atomic E-state index is 5.76. The summed E-state index contributed by atoms with van der Waals surface area (Å²) in [6, 6.07) is 16.6. The van der Waals surface area contributed by atoms with E-state index in [4.69, 9.17) is 10.5 Å². The normalized spacial score (nSPS) is 10.6. The predicted octanol–water partition coefficient (Wildman–Crippen LogP) is 4.16. The van der Waals surface area contributed by atoms with Gasteiger partial charge in [0.1, 0.15) is 5.75 Å². The Balaban J connectivity index is 1.63. The fraction of sp³-hybridized carbons (Fsp3) is 0.333. The second kappa shape index (κ2) is 8.75. The van der Waals surface area contributed by atoms with Crippen LogP contribution in [0.1, 0.15) is 23.1 Å². The number of benzene rings is 2. The molecule has 112 valence electrons. The Bertz CT molecular complexity index is 556. The fourth-order valence-corrected chi connectivity index (χ4v) is 3.08. The molecule has 2 aromatic carbocycles. The summed E-state index contributed by atoms with van der Waals surface area (Å²) in [6.07, 6.45) is 1.06. The maximum absolute atomic E-state index is 5.76. The Morgan fingerprint density at radius 3 is 2.76 bits per heavy atom. The van der Waals surface area contributed by atoms with Gasteiger partial charge in [0.05, 0.1) is 6.61 Å². The van der Waals surface area contributed by atoms with E-state index in [1.807, 2.05) is 36.0 Å². The first-order valence-corrected chi connectivity index (χ1v) is 8.49. The molecule has 2 nitrogen and oxygen atoms in total. The van der Waals surface area contributed by atoms with Gasteiger partial charge in [0.15, 0.2) is 0 Å². The summed E-state index contributed by atoms with van der Waals surface area (Å²) in [4.78, 5) is 0. The van der Waals surface area contributed by atoms with Crippen LogP contribution in [0.4, 0.5) is 0 Å². The molecule has 21 heavy (non-hydrogen) atoms. The lowest BCUT2D eigenvalue weighted by Crippen LogP contribution is -2.01. The summed E-state index contributed by atoms with van der Waals surface area (Å²) >= 11 is 1.96. The van der Waals surface area contributed by atoms with E-state index < -0.39 is 0 Å². The number of ether oxygens (including phenoxy) is 1. The Morgan fingerprint density at radius 1 is 1.10 bits per heavy atom. The Labute approximate surface area is 131 Å². The average molecular weight is 301 g/mol. The van der Waals surface area contributed by atoms with Crippen LogP contribution in [0.25, 0.3) is 0 Å². The molecule has 0 amide bonds. The Hall–Kier alpha value is -1.45. The minimum Gasteiger partial charge on any atom is -0.494 e. The molecule has 0 aromatic heterocycles. The Morgan fingerprint density at radius 2 is 1.95 bits per heavy atom. The van der Waals surface area contributed by atoms with Gasteiger partial charge in [0, 0.05) is 12.3 Å². The smallest absolute Gasteiger partial charge is 0.119 e. The molecule has 2 N–H and O–H groups in total. The maximum Gasteiger partial charge on any atom is 0.119 e. The number of aryl methyl sites for hydroxylation is 1. The third kappa shape index (κ3) is 5.44. The Kier molecular flexibility index (Phi) is 6.64. The average Bonchev–Trinajstić information content (AvgIpc) is 2.52. The summed E-state index contributed by atoms with van der Waals surface area (Å²) in [7, 11) is 0. The largest absolute Gasteiger partial charge is 0.494 e. The lowest BCUT2D eigenvalue weighted by Gasteiger charge is -2.08. The summed E-state index contributed by atoms with van der Waals surface area (Å²) < 4.78 is 5.76. The topological polar surface area (TPSA) is 35.2 Å². The van der Waals surface area contributed by atoms with Gasteiger partial charge in [-0.15, -0.1) is 0 Å². The van der Waals surface area contributed by atoms with Gasteiger partial charge >= 0.3 is 0 Å². The number of hydrogen-bond acceptors (Lipinski definition) is 3. The van der Waals surface area contributed by atoms with Crippen LogP contribution in [0.3, 0.4) is 0 Å². The minimum absolute atomic E-state index is 0.559. The van der Waals surface area contributed by atoms with Crippen molar-refractivity contribution in [3.8, 4) is 5.75 Å². The molecule has 0 saturated carbocycles. The highest BCUT2D eigenvalue weighted by Crippen LogP contribution is 2.17. The summed E-state index contributed by atoms with van der Waals surface area (Å²) in [5.41, 5.74) is 9.54. The van der Waals surface area contributed by atoms with Gasteiger partial charge in [-0.1, -0.05) is 36.4 Å². The van der Waals surface area contributed by atoms with Crippen molar-refractivity contribution in [2.75, 3.05) is 12.4 Å². The highest BCUT2D eigenvalue weighted by molar-refractivity contribution is 7.98. The summed E-state index contributed by atoms with van der Waals surface area (Å²) in [5, 5.41) is 0. The molecule has 2 rings (SSSR count). The number of nitrogens with two attached hydrogens (primary N) is 1. The van der Waals surface area contributed by atoms with Crippen molar-refractivity contribution < 1.29 is 4.74 Å². The molecule has 0 saturated heterocycles. The van der Waals surface area contributed by atoms with Crippen LogP contribution < -0.4 is 10.5 Å². The van der Waals surface area contributed by atoms with Crippen LogP contribution in [-0.2, 0) is 12.3 Å². The van der Waals surface area contributed by atoms with E-state index in [-0.39, 0.29) is 0 Å². The molecule has 0 aliphatic heterocycles. The van der Waals surface area contributed by atoms with Gasteiger partial charge in [-0.2, -0.15) is 11.8 Å². The third-order valence-corrected chi connectivity index (χ3v) is 4.45. The molecule has 0 spiro atoms. The SMILES string of the molecule is Cc1ccccc1CSCCCOc1cccc(CN)c1. The van der Waals surface area contributed by atoms with Crippen LogP contribution >= 0.6 is 11.8 Å². The first-order valence-electron chi connectivity index (χ1n) is 7.33. The predicted molar refractivity (Wildman–Crippen MR) is 91.8 cm³/mol. The molecule has 0 heterocycles. The fourth-order valence-electron chi connectivity index (χ4n) is 2.07. The second-order valence-electron chi connectivity index (χ2n) is 5.03. The molecule has 3 heteroatoms. The molecule has 0 fully saturated rings. The van der Waals surface area contributed by atoms with Gasteiger partial charge in [-0.3, -0.25) is 0 Å². The number of rotatable bonds is 8. The van der Waals surface area contributed by atoms with E-state index in [0.717, 1.165) is 35.8 Å². The van der Waals surface area contributed by atoms with E-state index in [1.54, 1.807) is 0 Å². The lowest BCUT2D eigenvalue weighted by atomic mass is 10.1. The molecule has 0 aliphatic carbocycles. The van der Waals surface area contributed by atoms with E-state index in [0.29, 0.717) is 6.54 Å². The molecule has 0 unspecified atom stereocenters. The zero-order valence-corrected chi connectivity index (χ0v) is 13.4. The van der Waals surface area contributed by atoms with Crippen LogP contribution in [0.2, 0.25) is 0 Å². The molecule has 0 atom stereocenters. The quantitative estimate of drug-likeness (QED) is 0.744. The van der Waals surface area contributed by atoms with Crippen molar-refractivity contribution in [2.45, 2.75) is 25.6 Å². The van der Waals surface area contributed by atoms with Crippen molar-refractivity contribution in [3.63, 3.8) is 0 Å². The third-order valence-electron chi connectivity index (χ3n) is 3.35. The summed E-state index contributed by atoms with van der Waals surface area (Å²) in [5.74, 6) is 3.11. The highest BCUT2D eigenvalue weighted by Gasteiger charge is 1.98. The minimum atomic E-state index is 0.559. The van der Waals surface area contributed by atoms with Crippen molar-refractivity contribution in [1.82, 2.24) is 0 Å². The lowest BCUT2D eigenvalue weighted by molar-refractivity contribution is 0.318. The number of thioether (sulfide) groups is 1. The molecular weight excluding hydrogens is 278 g/mol. The van der Waals surface area contributed by atoms with Crippen molar-refractivity contribution in [3.05, 3.63) is 65.2 Å². The van der Waals surface area contributed by atoms with E-state index in [1.165, 1.54) is 11.1 Å². The van der Waals surface area contributed by atoms with Crippen molar-refractivity contribution in [1.29, 1.82) is 0 Å². The van der Waals surface area contributed by atoms with E-state index >= 15 is 0 Å². The van der Waals surface area contributed by atoms with Crippen molar-refractivity contribution in [2.24, 2.45) is 5.73 Å². The molecule has 0 bridgehead atoms. The number of hydrogen-bond donors (Lipinski definition) is 1. The first-order chi connectivity index (χ1) is 10.3. The zero-order valence-electron chi connectivity index (χ0n) is 12.5. The highest BCUT2D eigenvalue weighted by atomic mass is 32.2. The van der Waals surface area contributed by atoms with Gasteiger partial charge in [-0.05, 0) is 47.9 Å². The molecule has 0 radical (unpaired) electrons. The van der Waals surface area contributed by atoms with Crippen LogP contribution in [0.15, 0.2) is 48.5 Å². The second-order valence-corrected chi connectivity index (χ2v) is 6.14. The first kappa shape index (κ1) is 15.9. The van der Waals surface area contributed by atoms with Crippen LogP contribution in [0, 0.1) is 6.92 Å². The summed E-state index contributed by atoms with van der Waals surface area (Å²) in [6.45, 7) is 3.49. The van der Waals surface area contributed by atoms with E-state index in [2.05, 4.69) is 31.2 Å². The standard InChI is InChI=1S/C18H23NOS/c1-15-6-2-3-8-17(15)14-21-11-5-10-20-18-9-4-7-16(12-18)13-19/h2-4,6-9,12H,5,10-11,13-14,19H2,1H3. The van der Waals surface area contributed by atoms with Crippen LogP contribution in [-0.4, -0.2) is 12.4 Å². The molecule has 0 aliphatic rings.